The van der Waals surface area contributed by atoms with Crippen LogP contribution in [0.25, 0.3) is 0 Å². The van der Waals surface area contributed by atoms with Gasteiger partial charge >= 0.3 is 0 Å². The van der Waals surface area contributed by atoms with Gasteiger partial charge in [0.05, 0.1) is 5.56 Å². The second-order valence-corrected chi connectivity index (χ2v) is 7.86. The van der Waals surface area contributed by atoms with Crippen LogP contribution in [0, 0.1) is 6.92 Å². The Balaban J connectivity index is 1.90. The van der Waals surface area contributed by atoms with E-state index in [9.17, 15) is 18.0 Å². The van der Waals surface area contributed by atoms with Gasteiger partial charge in [0.2, 0.25) is 11.0 Å². The van der Waals surface area contributed by atoms with Gasteiger partial charge in [0.25, 0.3) is 15.9 Å². The number of aryl methyl sites for hydroxylation is 1. The summed E-state index contributed by atoms with van der Waals surface area (Å²) in [5.41, 5.74) is 0.0684. The van der Waals surface area contributed by atoms with Crippen molar-refractivity contribution in [2.45, 2.75) is 24.8 Å². The minimum atomic E-state index is -4.04. The molecule has 1 aromatic heterocycles. The number of hydrogen-bond acceptors (Lipinski definition) is 7. The molecule has 0 radical (unpaired) electrons. The number of aromatic nitrogens is 2. The van der Waals surface area contributed by atoms with Gasteiger partial charge in [-0.3, -0.25) is 14.9 Å². The average Bonchev–Trinajstić information content (AvgIpc) is 2.99. The molecule has 0 unspecified atom stereocenters. The molecule has 0 bridgehead atoms. The predicted molar refractivity (Wildman–Crippen MR) is 82.5 cm³/mol. The van der Waals surface area contributed by atoms with Gasteiger partial charge in [-0.1, -0.05) is 23.5 Å². The minimum absolute atomic E-state index is 0.0684. The van der Waals surface area contributed by atoms with Crippen molar-refractivity contribution < 1.29 is 18.0 Å². The van der Waals surface area contributed by atoms with Gasteiger partial charge in [-0.05, 0) is 26.0 Å². The zero-order valence-corrected chi connectivity index (χ0v) is 13.8. The number of nitrogens with one attached hydrogen (secondary N) is 1. The second kappa shape index (κ2) is 5.39. The van der Waals surface area contributed by atoms with Crippen molar-refractivity contribution in [3.63, 3.8) is 0 Å². The minimum Gasteiger partial charge on any atom is -0.299 e. The molecule has 3 rings (SSSR count). The van der Waals surface area contributed by atoms with E-state index >= 15 is 0 Å². The van der Waals surface area contributed by atoms with Crippen LogP contribution in [0.4, 0.5) is 5.13 Å². The Morgan fingerprint density at radius 1 is 1.30 bits per heavy atom. The van der Waals surface area contributed by atoms with E-state index in [1.54, 1.807) is 13.0 Å². The van der Waals surface area contributed by atoms with Crippen molar-refractivity contribution in [3.05, 3.63) is 34.8 Å². The zero-order valence-electron chi connectivity index (χ0n) is 12.2. The molecular weight excluding hydrogens is 340 g/mol. The monoisotopic (exact) mass is 352 g/mol. The summed E-state index contributed by atoms with van der Waals surface area (Å²) < 4.78 is 25.6. The lowest BCUT2D eigenvalue weighted by atomic mass is 10.2. The number of benzene rings is 1. The highest BCUT2D eigenvalue weighted by Crippen LogP contribution is 2.31. The second-order valence-electron chi connectivity index (χ2n) is 4.89. The van der Waals surface area contributed by atoms with Crippen LogP contribution < -0.4 is 5.32 Å². The van der Waals surface area contributed by atoms with Gasteiger partial charge in [0.15, 0.2) is 0 Å². The fraction of sp³-hybridized carbons (Fsp3) is 0.231. The molecule has 2 amide bonds. The predicted octanol–water partition coefficient (Wildman–Crippen LogP) is 1.02. The number of fused-ring (bicyclic) bond motifs is 1. The summed E-state index contributed by atoms with van der Waals surface area (Å²) >= 11 is 1.16. The third kappa shape index (κ3) is 2.49. The molecule has 0 saturated heterocycles. The highest BCUT2D eigenvalue weighted by Gasteiger charge is 2.45. The standard InChI is InChI=1S/C13H12N4O4S2/c1-7(11(18)14-13-16-15-8(2)22-13)17-12(19)9-5-3-4-6-10(9)23(17,20)21/h3-7H,1-2H3,(H,14,16,18)/t7-/m1/s1. The maximum Gasteiger partial charge on any atom is 0.269 e. The van der Waals surface area contributed by atoms with Crippen molar-refractivity contribution in [3.8, 4) is 0 Å². The first-order chi connectivity index (χ1) is 10.8. The van der Waals surface area contributed by atoms with E-state index in [2.05, 4.69) is 15.5 Å². The van der Waals surface area contributed by atoms with E-state index in [0.29, 0.717) is 9.31 Å². The quantitative estimate of drug-likeness (QED) is 0.883. The molecule has 2 heterocycles. The van der Waals surface area contributed by atoms with E-state index in [-0.39, 0.29) is 15.6 Å². The SMILES string of the molecule is Cc1nnc(NC(=O)[C@@H](C)N2C(=O)c3ccccc3S2(=O)=O)s1. The summed E-state index contributed by atoms with van der Waals surface area (Å²) in [7, 11) is -4.04. The van der Waals surface area contributed by atoms with Crippen LogP contribution in [0.1, 0.15) is 22.3 Å². The summed E-state index contributed by atoms with van der Waals surface area (Å²) in [4.78, 5) is 24.5. The van der Waals surface area contributed by atoms with E-state index in [0.717, 1.165) is 11.3 Å². The normalized spacial score (nSPS) is 17.0. The zero-order chi connectivity index (χ0) is 16.8. The molecule has 0 fully saturated rings. The van der Waals surface area contributed by atoms with Gasteiger partial charge in [0.1, 0.15) is 15.9 Å². The Bertz CT molecular complexity index is 906. The number of anilines is 1. The van der Waals surface area contributed by atoms with Crippen molar-refractivity contribution in [1.82, 2.24) is 14.5 Å². The van der Waals surface area contributed by atoms with Gasteiger partial charge in [0, 0.05) is 0 Å². The molecule has 0 aliphatic carbocycles. The van der Waals surface area contributed by atoms with Gasteiger partial charge in [-0.25, -0.2) is 12.7 Å². The van der Waals surface area contributed by atoms with Crippen LogP contribution in [0.3, 0.4) is 0 Å². The fourth-order valence-corrected chi connectivity index (χ4v) is 4.57. The Kier molecular flexibility index (Phi) is 3.65. The van der Waals surface area contributed by atoms with E-state index in [4.69, 9.17) is 0 Å². The summed E-state index contributed by atoms with van der Waals surface area (Å²) in [5, 5.41) is 10.9. The highest BCUT2D eigenvalue weighted by molar-refractivity contribution is 7.90. The van der Waals surface area contributed by atoms with Crippen molar-refractivity contribution in [1.29, 1.82) is 0 Å². The highest BCUT2D eigenvalue weighted by atomic mass is 32.2. The first-order valence-corrected chi connectivity index (χ1v) is 8.87. The lowest BCUT2D eigenvalue weighted by molar-refractivity contribution is -0.118. The third-order valence-corrected chi connectivity index (χ3v) is 6.01. The molecule has 1 N–H and O–H groups in total. The van der Waals surface area contributed by atoms with Crippen LogP contribution in [-0.4, -0.2) is 40.8 Å². The number of hydrogen-bond donors (Lipinski definition) is 1. The molecular formula is C13H12N4O4S2. The van der Waals surface area contributed by atoms with Crippen LogP contribution in [0.15, 0.2) is 29.2 Å². The lowest BCUT2D eigenvalue weighted by Gasteiger charge is -2.21. The van der Waals surface area contributed by atoms with E-state index < -0.39 is 27.9 Å². The van der Waals surface area contributed by atoms with Gasteiger partial charge in [-0.15, -0.1) is 10.2 Å². The summed E-state index contributed by atoms with van der Waals surface area (Å²) in [6.45, 7) is 3.08. The largest absolute Gasteiger partial charge is 0.299 e. The molecule has 1 aromatic carbocycles. The number of rotatable bonds is 3. The number of carbonyl (C=O) groups excluding carboxylic acids is 2. The molecule has 120 valence electrons. The molecule has 1 atom stereocenters. The molecule has 1 aliphatic heterocycles. The van der Waals surface area contributed by atoms with Crippen molar-refractivity contribution in [2.24, 2.45) is 0 Å². The maximum atomic E-state index is 12.5. The van der Waals surface area contributed by atoms with Crippen molar-refractivity contribution in [2.75, 3.05) is 5.32 Å². The van der Waals surface area contributed by atoms with E-state index in [1.807, 2.05) is 0 Å². The number of sulfonamides is 1. The first-order valence-electron chi connectivity index (χ1n) is 6.61. The molecule has 1 aliphatic rings. The maximum absolute atomic E-state index is 12.5. The Morgan fingerprint density at radius 3 is 2.61 bits per heavy atom. The topological polar surface area (TPSA) is 109 Å². The summed E-state index contributed by atoms with van der Waals surface area (Å²) in [6.07, 6.45) is 0. The Labute approximate surface area is 136 Å². The molecule has 2 aromatic rings. The first kappa shape index (κ1) is 15.6. The molecule has 10 heteroatoms. The van der Waals surface area contributed by atoms with Crippen molar-refractivity contribution >= 4 is 38.3 Å². The molecule has 0 saturated carbocycles. The van der Waals surface area contributed by atoms with Gasteiger partial charge < -0.3 is 0 Å². The summed E-state index contributed by atoms with van der Waals surface area (Å²) in [6, 6.07) is 4.67. The number of nitrogens with zero attached hydrogens (tertiary/aromatic N) is 3. The number of carbonyl (C=O) groups is 2. The Morgan fingerprint density at radius 2 is 2.00 bits per heavy atom. The molecule has 23 heavy (non-hydrogen) atoms. The number of amides is 2. The average molecular weight is 352 g/mol. The van der Waals surface area contributed by atoms with E-state index in [1.165, 1.54) is 25.1 Å². The third-order valence-electron chi connectivity index (χ3n) is 3.34. The van der Waals surface area contributed by atoms with Crippen LogP contribution in [0.5, 0.6) is 0 Å². The lowest BCUT2D eigenvalue weighted by Crippen LogP contribution is -2.45. The van der Waals surface area contributed by atoms with Gasteiger partial charge in [-0.2, -0.15) is 0 Å². The summed E-state index contributed by atoms with van der Waals surface area (Å²) in [5.74, 6) is -1.36. The Hall–Kier alpha value is -2.33. The molecule has 8 nitrogen and oxygen atoms in total. The van der Waals surface area contributed by atoms with Crippen LogP contribution in [-0.2, 0) is 14.8 Å². The smallest absolute Gasteiger partial charge is 0.269 e. The van der Waals surface area contributed by atoms with Crippen LogP contribution >= 0.6 is 11.3 Å². The molecule has 0 spiro atoms. The fourth-order valence-electron chi connectivity index (χ4n) is 2.25. The van der Waals surface area contributed by atoms with Crippen LogP contribution in [0.2, 0.25) is 0 Å².